The maximum atomic E-state index is 12.6. The molecule has 0 spiro atoms. The van der Waals surface area contributed by atoms with Crippen LogP contribution in [0.5, 0.6) is 0 Å². The summed E-state index contributed by atoms with van der Waals surface area (Å²) in [6.07, 6.45) is 2.47. The van der Waals surface area contributed by atoms with Crippen molar-refractivity contribution >= 4 is 33.2 Å². The van der Waals surface area contributed by atoms with E-state index in [1.165, 1.54) is 6.07 Å². The van der Waals surface area contributed by atoms with Crippen LogP contribution in [0, 0.1) is 6.92 Å². The molecule has 1 fully saturated rings. The first-order valence-electron chi connectivity index (χ1n) is 8.52. The Bertz CT molecular complexity index is 928. The predicted octanol–water partition coefficient (Wildman–Crippen LogP) is 3.64. The quantitative estimate of drug-likeness (QED) is 0.844. The van der Waals surface area contributed by atoms with Gasteiger partial charge < -0.3 is 4.90 Å². The van der Waals surface area contributed by atoms with Crippen LogP contribution in [-0.2, 0) is 21.4 Å². The number of carbonyl (C=O) groups excluding carboxylic acids is 1. The van der Waals surface area contributed by atoms with E-state index in [4.69, 9.17) is 11.6 Å². The Balaban J connectivity index is 1.75. The van der Waals surface area contributed by atoms with Gasteiger partial charge in [0.05, 0.1) is 4.90 Å². The molecule has 26 heavy (non-hydrogen) atoms. The molecule has 1 N–H and O–H groups in total. The zero-order valence-corrected chi connectivity index (χ0v) is 16.1. The summed E-state index contributed by atoms with van der Waals surface area (Å²) in [5, 5.41) is 0.500. The number of halogens is 1. The largest absolute Gasteiger partial charge is 0.312 e. The lowest BCUT2D eigenvalue weighted by atomic mass is 10.1. The summed E-state index contributed by atoms with van der Waals surface area (Å²) in [6, 6.07) is 12.1. The van der Waals surface area contributed by atoms with Crippen LogP contribution in [0.25, 0.3) is 0 Å². The molecule has 0 aromatic heterocycles. The van der Waals surface area contributed by atoms with E-state index >= 15 is 0 Å². The van der Waals surface area contributed by atoms with Crippen LogP contribution in [0.15, 0.2) is 47.4 Å². The standard InChI is InChI=1S/C19H21ClN2O3S/c1-14-11-16(20)8-9-18(14)26(24,25)21-13-15-5-4-6-17(12-15)22-10-3-2-7-19(22)23/h4-6,8-9,11-12,21H,2-3,7,10,13H2,1H3. The molecule has 1 saturated heterocycles. The number of amides is 1. The van der Waals surface area contributed by atoms with Crippen LogP contribution in [0.2, 0.25) is 5.02 Å². The first-order valence-corrected chi connectivity index (χ1v) is 10.4. The van der Waals surface area contributed by atoms with E-state index in [9.17, 15) is 13.2 Å². The molecule has 0 bridgehead atoms. The van der Waals surface area contributed by atoms with Crippen LogP contribution in [0.1, 0.15) is 30.4 Å². The number of carbonyl (C=O) groups is 1. The van der Waals surface area contributed by atoms with E-state index in [0.29, 0.717) is 23.6 Å². The Hall–Kier alpha value is -1.89. The van der Waals surface area contributed by atoms with Crippen molar-refractivity contribution in [3.63, 3.8) is 0 Å². The number of aryl methyl sites for hydroxylation is 1. The SMILES string of the molecule is Cc1cc(Cl)ccc1S(=O)(=O)NCc1cccc(N2CCCCC2=O)c1. The van der Waals surface area contributed by atoms with Crippen molar-refractivity contribution in [2.24, 2.45) is 0 Å². The van der Waals surface area contributed by atoms with Gasteiger partial charge in [0.2, 0.25) is 15.9 Å². The molecule has 0 radical (unpaired) electrons. The van der Waals surface area contributed by atoms with E-state index in [-0.39, 0.29) is 17.3 Å². The molecule has 2 aromatic rings. The average molecular weight is 393 g/mol. The second-order valence-electron chi connectivity index (χ2n) is 6.41. The lowest BCUT2D eigenvalue weighted by molar-refractivity contribution is -0.119. The highest BCUT2D eigenvalue weighted by Crippen LogP contribution is 2.23. The van der Waals surface area contributed by atoms with Gasteiger partial charge in [-0.15, -0.1) is 0 Å². The van der Waals surface area contributed by atoms with E-state index in [1.54, 1.807) is 24.0 Å². The number of sulfonamides is 1. The van der Waals surface area contributed by atoms with Crippen LogP contribution < -0.4 is 9.62 Å². The van der Waals surface area contributed by atoms with Gasteiger partial charge in [-0.05, 0) is 61.2 Å². The minimum Gasteiger partial charge on any atom is -0.312 e. The minimum absolute atomic E-state index is 0.116. The van der Waals surface area contributed by atoms with E-state index in [2.05, 4.69) is 4.72 Å². The van der Waals surface area contributed by atoms with Crippen molar-refractivity contribution in [1.29, 1.82) is 0 Å². The summed E-state index contributed by atoms with van der Waals surface area (Å²) in [4.78, 5) is 14.1. The number of nitrogens with zero attached hydrogens (tertiary/aromatic N) is 1. The first kappa shape index (κ1) is 18.9. The minimum atomic E-state index is -3.64. The molecule has 0 unspecified atom stereocenters. The Labute approximate surface area is 159 Å². The Morgan fingerprint density at radius 2 is 1.96 bits per heavy atom. The smallest absolute Gasteiger partial charge is 0.241 e. The number of hydrogen-bond acceptors (Lipinski definition) is 3. The topological polar surface area (TPSA) is 66.5 Å². The fourth-order valence-electron chi connectivity index (χ4n) is 3.08. The van der Waals surface area contributed by atoms with E-state index < -0.39 is 10.0 Å². The molecular formula is C19H21ClN2O3S. The van der Waals surface area contributed by atoms with Crippen molar-refractivity contribution < 1.29 is 13.2 Å². The lowest BCUT2D eigenvalue weighted by Gasteiger charge is -2.27. The predicted molar refractivity (Wildman–Crippen MR) is 103 cm³/mol. The third-order valence-electron chi connectivity index (χ3n) is 4.44. The van der Waals surface area contributed by atoms with Gasteiger partial charge in [-0.3, -0.25) is 4.79 Å². The molecule has 1 aliphatic heterocycles. The number of hydrogen-bond donors (Lipinski definition) is 1. The van der Waals surface area contributed by atoms with E-state index in [0.717, 1.165) is 24.1 Å². The molecule has 1 amide bonds. The number of nitrogens with one attached hydrogen (secondary N) is 1. The van der Waals surface area contributed by atoms with Crippen LogP contribution in [0.3, 0.4) is 0 Å². The molecule has 3 rings (SSSR count). The zero-order valence-electron chi connectivity index (χ0n) is 14.5. The van der Waals surface area contributed by atoms with Crippen LogP contribution in [-0.4, -0.2) is 20.9 Å². The Morgan fingerprint density at radius 1 is 1.15 bits per heavy atom. The van der Waals surface area contributed by atoms with Crippen molar-refractivity contribution in [3.8, 4) is 0 Å². The average Bonchev–Trinajstić information content (AvgIpc) is 2.60. The van der Waals surface area contributed by atoms with Gasteiger partial charge in [-0.25, -0.2) is 13.1 Å². The lowest BCUT2D eigenvalue weighted by Crippen LogP contribution is -2.35. The number of benzene rings is 2. The molecule has 1 aliphatic rings. The first-order chi connectivity index (χ1) is 12.4. The summed E-state index contributed by atoms with van der Waals surface area (Å²) in [5.41, 5.74) is 2.21. The second-order valence-corrected chi connectivity index (χ2v) is 8.58. The Morgan fingerprint density at radius 3 is 2.69 bits per heavy atom. The third-order valence-corrected chi connectivity index (χ3v) is 6.24. The summed E-state index contributed by atoms with van der Waals surface area (Å²) in [5.74, 6) is 0.116. The molecule has 0 saturated carbocycles. The van der Waals surface area contributed by atoms with Crippen molar-refractivity contribution in [3.05, 3.63) is 58.6 Å². The molecular weight excluding hydrogens is 372 g/mol. The van der Waals surface area contributed by atoms with Gasteiger partial charge >= 0.3 is 0 Å². The van der Waals surface area contributed by atoms with E-state index in [1.807, 2.05) is 24.3 Å². The van der Waals surface area contributed by atoms with Gasteiger partial charge in [-0.1, -0.05) is 23.7 Å². The number of anilines is 1. The normalized spacial score (nSPS) is 15.3. The summed E-state index contributed by atoms with van der Waals surface area (Å²) < 4.78 is 27.7. The molecule has 1 heterocycles. The maximum Gasteiger partial charge on any atom is 0.241 e. The maximum absolute atomic E-state index is 12.6. The van der Waals surface area contributed by atoms with Crippen molar-refractivity contribution in [2.45, 2.75) is 37.6 Å². The highest BCUT2D eigenvalue weighted by molar-refractivity contribution is 7.89. The molecule has 138 valence electrons. The summed E-state index contributed by atoms with van der Waals surface area (Å²) >= 11 is 5.90. The van der Waals surface area contributed by atoms with Crippen LogP contribution >= 0.6 is 11.6 Å². The summed E-state index contributed by atoms with van der Waals surface area (Å²) in [6.45, 7) is 2.57. The molecule has 0 aliphatic carbocycles. The molecule has 2 aromatic carbocycles. The zero-order chi connectivity index (χ0) is 18.7. The molecule has 7 heteroatoms. The highest BCUT2D eigenvalue weighted by Gasteiger charge is 2.20. The highest BCUT2D eigenvalue weighted by atomic mass is 35.5. The van der Waals surface area contributed by atoms with Gasteiger partial charge in [0.15, 0.2) is 0 Å². The van der Waals surface area contributed by atoms with Gasteiger partial charge in [-0.2, -0.15) is 0 Å². The van der Waals surface area contributed by atoms with Gasteiger partial charge in [0.25, 0.3) is 0 Å². The van der Waals surface area contributed by atoms with Crippen molar-refractivity contribution in [2.75, 3.05) is 11.4 Å². The van der Waals surface area contributed by atoms with Gasteiger partial charge in [0.1, 0.15) is 0 Å². The Kier molecular flexibility index (Phi) is 5.65. The second kappa shape index (κ2) is 7.78. The molecule has 5 nitrogen and oxygen atoms in total. The number of piperidine rings is 1. The van der Waals surface area contributed by atoms with Crippen molar-refractivity contribution in [1.82, 2.24) is 4.72 Å². The third kappa shape index (κ3) is 4.26. The fraction of sp³-hybridized carbons (Fsp3) is 0.316. The fourth-order valence-corrected chi connectivity index (χ4v) is 4.55. The number of rotatable bonds is 5. The van der Waals surface area contributed by atoms with Crippen LogP contribution in [0.4, 0.5) is 5.69 Å². The monoisotopic (exact) mass is 392 g/mol. The van der Waals surface area contributed by atoms with Gasteiger partial charge in [0, 0.05) is 30.2 Å². The molecule has 0 atom stereocenters. The summed E-state index contributed by atoms with van der Waals surface area (Å²) in [7, 11) is -3.64.